The predicted octanol–water partition coefficient (Wildman–Crippen LogP) is 3.29. The Kier molecular flexibility index (Phi) is 4.46. The molecular formula is C14H14ClF2N3OS. The molecule has 1 atom stereocenters. The second-order valence-electron chi connectivity index (χ2n) is 5.13. The summed E-state index contributed by atoms with van der Waals surface area (Å²) in [6.45, 7) is 0.866. The van der Waals surface area contributed by atoms with Crippen molar-refractivity contribution < 1.29 is 13.5 Å². The number of nitrogens with one attached hydrogen (secondary N) is 2. The van der Waals surface area contributed by atoms with Crippen LogP contribution in [0.3, 0.4) is 0 Å². The lowest BCUT2D eigenvalue weighted by molar-refractivity contribution is 0.210. The van der Waals surface area contributed by atoms with Gasteiger partial charge in [0.15, 0.2) is 16.3 Å². The predicted molar refractivity (Wildman–Crippen MR) is 81.8 cm³/mol. The first-order valence-corrected chi connectivity index (χ1v) is 7.61. The van der Waals surface area contributed by atoms with Gasteiger partial charge in [0.25, 0.3) is 0 Å². The van der Waals surface area contributed by atoms with Gasteiger partial charge in [-0.2, -0.15) is 0 Å². The Labute approximate surface area is 136 Å². The van der Waals surface area contributed by atoms with Crippen LogP contribution in [-0.4, -0.2) is 22.7 Å². The number of fused-ring (bicyclic) bond motifs is 1. The molecule has 118 valence electrons. The summed E-state index contributed by atoms with van der Waals surface area (Å²) < 4.78 is 35.1. The van der Waals surface area contributed by atoms with Crippen molar-refractivity contribution in [3.8, 4) is 5.75 Å². The molecule has 0 aliphatic carbocycles. The Morgan fingerprint density at radius 1 is 1.45 bits per heavy atom. The van der Waals surface area contributed by atoms with Crippen LogP contribution in [0.15, 0.2) is 18.3 Å². The van der Waals surface area contributed by atoms with Crippen molar-refractivity contribution in [2.75, 3.05) is 13.2 Å². The van der Waals surface area contributed by atoms with Gasteiger partial charge in [-0.05, 0) is 30.1 Å². The van der Waals surface area contributed by atoms with E-state index in [0.717, 1.165) is 11.8 Å². The molecule has 3 rings (SSSR count). The van der Waals surface area contributed by atoms with Gasteiger partial charge in [0.2, 0.25) is 0 Å². The van der Waals surface area contributed by atoms with Crippen molar-refractivity contribution in [1.29, 1.82) is 0 Å². The van der Waals surface area contributed by atoms with E-state index in [2.05, 4.69) is 9.82 Å². The van der Waals surface area contributed by atoms with Crippen LogP contribution in [-0.2, 0) is 12.8 Å². The van der Waals surface area contributed by atoms with Gasteiger partial charge in [-0.1, -0.05) is 0 Å². The number of aromatic nitrogens is 2. The number of hydrogen-bond acceptors (Lipinski definition) is 3. The first-order chi connectivity index (χ1) is 10.6. The molecule has 0 bridgehead atoms. The summed E-state index contributed by atoms with van der Waals surface area (Å²) in [5, 5.41) is 0. The Balaban J connectivity index is 1.92. The molecule has 0 amide bonds. The van der Waals surface area contributed by atoms with Gasteiger partial charge in [-0.15, -0.1) is 0 Å². The molecule has 1 aromatic carbocycles. The summed E-state index contributed by atoms with van der Waals surface area (Å²) in [5.41, 5.74) is 1.48. The molecule has 1 aliphatic heterocycles. The van der Waals surface area contributed by atoms with Crippen LogP contribution in [0.4, 0.5) is 8.78 Å². The maximum absolute atomic E-state index is 13.7. The van der Waals surface area contributed by atoms with Crippen molar-refractivity contribution in [2.24, 2.45) is 0 Å². The highest BCUT2D eigenvalue weighted by molar-refractivity contribution is 7.71. The number of imidazole rings is 1. The molecule has 0 saturated heterocycles. The molecule has 22 heavy (non-hydrogen) atoms. The third kappa shape index (κ3) is 2.88. The third-order valence-corrected chi connectivity index (χ3v) is 4.20. The fourth-order valence-electron chi connectivity index (χ4n) is 2.77. The normalized spacial score (nSPS) is 17.1. The maximum Gasteiger partial charge on any atom is 0.177 e. The van der Waals surface area contributed by atoms with E-state index in [-0.39, 0.29) is 18.4 Å². The Hall–Kier alpha value is -1.44. The van der Waals surface area contributed by atoms with E-state index < -0.39 is 11.6 Å². The molecule has 0 saturated carbocycles. The smallest absolute Gasteiger partial charge is 0.177 e. The third-order valence-electron chi connectivity index (χ3n) is 3.69. The van der Waals surface area contributed by atoms with Crippen LogP contribution in [0.1, 0.15) is 17.3 Å². The first-order valence-electron chi connectivity index (χ1n) is 6.83. The zero-order valence-corrected chi connectivity index (χ0v) is 13.1. The van der Waals surface area contributed by atoms with Crippen LogP contribution in [0.2, 0.25) is 0 Å². The van der Waals surface area contributed by atoms with Crippen molar-refractivity contribution in [1.82, 2.24) is 14.4 Å². The van der Waals surface area contributed by atoms with Crippen molar-refractivity contribution in [3.63, 3.8) is 0 Å². The van der Waals surface area contributed by atoms with E-state index in [1.807, 2.05) is 10.8 Å². The molecular weight excluding hydrogens is 332 g/mol. The molecule has 2 N–H and O–H groups in total. The summed E-state index contributed by atoms with van der Waals surface area (Å²) in [7, 11) is 0. The van der Waals surface area contributed by atoms with E-state index in [1.54, 1.807) is 0 Å². The van der Waals surface area contributed by atoms with Gasteiger partial charge >= 0.3 is 0 Å². The molecule has 2 aromatic rings. The molecule has 8 heteroatoms. The van der Waals surface area contributed by atoms with Crippen LogP contribution in [0.5, 0.6) is 5.75 Å². The number of hydrogen-bond donors (Lipinski definition) is 2. The number of nitrogens with zero attached hydrogens (tertiary/aromatic N) is 1. The molecule has 0 spiro atoms. The average Bonchev–Trinajstić information content (AvgIpc) is 2.85. The molecule has 0 fully saturated rings. The van der Waals surface area contributed by atoms with Gasteiger partial charge in [0.1, 0.15) is 12.4 Å². The van der Waals surface area contributed by atoms with Crippen LogP contribution >= 0.6 is 24.0 Å². The fraction of sp³-hybridized carbons (Fsp3) is 0.357. The van der Waals surface area contributed by atoms with Gasteiger partial charge < -0.3 is 14.3 Å². The summed E-state index contributed by atoms with van der Waals surface area (Å²) in [4.78, 5) is 5.56. The minimum atomic E-state index is -0.669. The SMILES string of the molecule is Fc1cc(F)c2c(c1)C[C@@H](n1c(CCNCl)c[nH]c1=S)CO2. The number of halogens is 3. The maximum atomic E-state index is 13.7. The lowest BCUT2D eigenvalue weighted by atomic mass is 10.0. The number of aromatic amines is 1. The van der Waals surface area contributed by atoms with Crippen LogP contribution in [0.25, 0.3) is 0 Å². The monoisotopic (exact) mass is 345 g/mol. The van der Waals surface area contributed by atoms with Gasteiger partial charge in [-0.25, -0.2) is 13.6 Å². The summed E-state index contributed by atoms with van der Waals surface area (Å²) in [6, 6.07) is 2.03. The van der Waals surface area contributed by atoms with Gasteiger partial charge in [0, 0.05) is 42.9 Å². The van der Waals surface area contributed by atoms with E-state index >= 15 is 0 Å². The molecule has 0 unspecified atom stereocenters. The molecule has 1 aliphatic rings. The summed E-state index contributed by atoms with van der Waals surface area (Å²) in [5.74, 6) is -1.15. The highest BCUT2D eigenvalue weighted by Crippen LogP contribution is 2.33. The van der Waals surface area contributed by atoms with E-state index in [0.29, 0.717) is 29.7 Å². The van der Waals surface area contributed by atoms with E-state index in [9.17, 15) is 8.78 Å². The van der Waals surface area contributed by atoms with Crippen LogP contribution < -0.4 is 9.57 Å². The minimum absolute atomic E-state index is 0.113. The zero-order chi connectivity index (χ0) is 15.7. The Bertz CT molecular complexity index is 746. The second-order valence-corrected chi connectivity index (χ2v) is 5.79. The van der Waals surface area contributed by atoms with Crippen molar-refractivity contribution in [2.45, 2.75) is 18.9 Å². The lowest BCUT2D eigenvalue weighted by Crippen LogP contribution is -2.27. The van der Waals surface area contributed by atoms with Gasteiger partial charge in [-0.3, -0.25) is 0 Å². The number of H-pyrrole nitrogens is 1. The van der Waals surface area contributed by atoms with E-state index in [4.69, 9.17) is 28.7 Å². The summed E-state index contributed by atoms with van der Waals surface area (Å²) in [6.07, 6.45) is 2.95. The Morgan fingerprint density at radius 3 is 3.05 bits per heavy atom. The summed E-state index contributed by atoms with van der Waals surface area (Å²) >= 11 is 10.8. The van der Waals surface area contributed by atoms with E-state index in [1.165, 1.54) is 6.07 Å². The minimum Gasteiger partial charge on any atom is -0.488 e. The lowest BCUT2D eigenvalue weighted by Gasteiger charge is -2.28. The van der Waals surface area contributed by atoms with Crippen LogP contribution in [0, 0.1) is 16.4 Å². The molecule has 2 heterocycles. The highest BCUT2D eigenvalue weighted by Gasteiger charge is 2.26. The first kappa shape index (κ1) is 15.5. The largest absolute Gasteiger partial charge is 0.488 e. The van der Waals surface area contributed by atoms with Crippen molar-refractivity contribution in [3.05, 3.63) is 46.0 Å². The molecule has 0 radical (unpaired) electrons. The van der Waals surface area contributed by atoms with Crippen molar-refractivity contribution >= 4 is 24.0 Å². The molecule has 4 nitrogen and oxygen atoms in total. The standard InChI is InChI=1S/C14H14ClF2N3OS/c15-19-2-1-10-6-18-14(22)20(10)11-4-8-3-9(16)5-12(17)13(8)21-7-11/h3,5-6,11,19H,1-2,4,7H2,(H,18,22)/t11-/m1/s1. The highest BCUT2D eigenvalue weighted by atomic mass is 35.5. The quantitative estimate of drug-likeness (QED) is 0.660. The number of benzene rings is 1. The Morgan fingerprint density at radius 2 is 2.27 bits per heavy atom. The number of rotatable bonds is 4. The number of ether oxygens (including phenoxy) is 1. The zero-order valence-electron chi connectivity index (χ0n) is 11.5. The fourth-order valence-corrected chi connectivity index (χ4v) is 3.19. The molecule has 1 aromatic heterocycles. The second kappa shape index (κ2) is 6.36. The van der Waals surface area contributed by atoms with Gasteiger partial charge in [0.05, 0.1) is 6.04 Å². The topological polar surface area (TPSA) is 42.0 Å². The average molecular weight is 346 g/mol.